The van der Waals surface area contributed by atoms with Crippen LogP contribution in [0.25, 0.3) is 0 Å². The number of hydrogen-bond donors (Lipinski definition) is 1. The minimum atomic E-state index is -1.36. The molecule has 0 radical (unpaired) electrons. The zero-order valence-corrected chi connectivity index (χ0v) is 11.5. The van der Waals surface area contributed by atoms with Gasteiger partial charge in [-0.1, -0.05) is 6.92 Å². The molecule has 2 aliphatic heterocycles. The number of likely N-dealkylation sites (tertiary alicyclic amines) is 1. The second-order valence-corrected chi connectivity index (χ2v) is 6.22. The van der Waals surface area contributed by atoms with Crippen molar-refractivity contribution < 1.29 is 24.2 Å². The maximum absolute atomic E-state index is 12.4. The van der Waals surface area contributed by atoms with Crippen molar-refractivity contribution >= 4 is 17.8 Å². The maximum atomic E-state index is 12.4. The number of rotatable bonds is 2. The SMILES string of the molecule is CC1CCC(C(=O)O)(N2C(=O)C3CCC(O3)C2=O)CC1. The van der Waals surface area contributed by atoms with E-state index >= 15 is 0 Å². The Morgan fingerprint density at radius 2 is 1.65 bits per heavy atom. The Balaban J connectivity index is 1.97. The van der Waals surface area contributed by atoms with Gasteiger partial charge in [-0.3, -0.25) is 14.5 Å². The van der Waals surface area contributed by atoms with Gasteiger partial charge in [0.1, 0.15) is 17.7 Å². The molecule has 0 spiro atoms. The normalized spacial score (nSPS) is 41.0. The number of carbonyl (C=O) groups is 3. The summed E-state index contributed by atoms with van der Waals surface area (Å²) >= 11 is 0. The summed E-state index contributed by atoms with van der Waals surface area (Å²) in [6, 6.07) is 0. The third kappa shape index (κ3) is 1.78. The first-order chi connectivity index (χ1) is 9.45. The van der Waals surface area contributed by atoms with Crippen LogP contribution >= 0.6 is 0 Å². The molecule has 2 unspecified atom stereocenters. The molecule has 20 heavy (non-hydrogen) atoms. The van der Waals surface area contributed by atoms with Crippen molar-refractivity contribution in [2.75, 3.05) is 0 Å². The van der Waals surface area contributed by atoms with Gasteiger partial charge >= 0.3 is 5.97 Å². The van der Waals surface area contributed by atoms with E-state index in [9.17, 15) is 19.5 Å². The smallest absolute Gasteiger partial charge is 0.330 e. The summed E-state index contributed by atoms with van der Waals surface area (Å²) in [7, 11) is 0. The second kappa shape index (κ2) is 4.55. The lowest BCUT2D eigenvalue weighted by Crippen LogP contribution is -2.66. The Labute approximate surface area is 117 Å². The van der Waals surface area contributed by atoms with E-state index < -0.39 is 35.5 Å². The molecule has 2 atom stereocenters. The molecule has 6 nitrogen and oxygen atoms in total. The molecule has 0 aromatic rings. The Bertz CT molecular complexity index is 444. The summed E-state index contributed by atoms with van der Waals surface area (Å²) in [5.41, 5.74) is -1.36. The van der Waals surface area contributed by atoms with Crippen LogP contribution in [0.2, 0.25) is 0 Å². The average molecular weight is 281 g/mol. The largest absolute Gasteiger partial charge is 0.479 e. The fourth-order valence-electron chi connectivity index (χ4n) is 3.59. The standard InChI is InChI=1S/C14H19NO5/c1-8-4-6-14(7-5-8,13(18)19)15-11(16)9-2-3-10(20-9)12(15)17/h8-10H,2-7H2,1H3,(H,18,19). The van der Waals surface area contributed by atoms with Crippen LogP contribution in [0, 0.1) is 5.92 Å². The molecule has 0 aromatic carbocycles. The lowest BCUT2D eigenvalue weighted by molar-refractivity contribution is -0.186. The van der Waals surface area contributed by atoms with Crippen LogP contribution in [0.5, 0.6) is 0 Å². The van der Waals surface area contributed by atoms with Gasteiger partial charge < -0.3 is 9.84 Å². The van der Waals surface area contributed by atoms with E-state index in [1.165, 1.54) is 0 Å². The topological polar surface area (TPSA) is 83.9 Å². The predicted molar refractivity (Wildman–Crippen MR) is 67.7 cm³/mol. The highest BCUT2D eigenvalue weighted by Gasteiger charge is 2.58. The van der Waals surface area contributed by atoms with Crippen LogP contribution < -0.4 is 0 Å². The third-order valence-corrected chi connectivity index (χ3v) is 4.94. The monoisotopic (exact) mass is 281 g/mol. The molecule has 110 valence electrons. The number of aliphatic carboxylic acids is 1. The molecular formula is C14H19NO5. The highest BCUT2D eigenvalue weighted by atomic mass is 16.5. The van der Waals surface area contributed by atoms with E-state index in [-0.39, 0.29) is 0 Å². The van der Waals surface area contributed by atoms with Crippen LogP contribution in [-0.2, 0) is 19.1 Å². The first kappa shape index (κ1) is 13.5. The van der Waals surface area contributed by atoms with E-state index in [1.807, 2.05) is 0 Å². The molecular weight excluding hydrogens is 262 g/mol. The number of carbonyl (C=O) groups excluding carboxylic acids is 2. The van der Waals surface area contributed by atoms with Gasteiger partial charge in [0.15, 0.2) is 0 Å². The molecule has 1 aliphatic carbocycles. The number of nitrogens with zero attached hydrogens (tertiary/aromatic N) is 1. The highest BCUT2D eigenvalue weighted by molar-refractivity contribution is 6.06. The van der Waals surface area contributed by atoms with E-state index in [1.54, 1.807) is 0 Å². The van der Waals surface area contributed by atoms with Crippen molar-refractivity contribution in [3.05, 3.63) is 0 Å². The van der Waals surface area contributed by atoms with E-state index in [0.29, 0.717) is 31.6 Å². The fraction of sp³-hybridized carbons (Fsp3) is 0.786. The van der Waals surface area contributed by atoms with Gasteiger partial charge in [-0.25, -0.2) is 4.79 Å². The van der Waals surface area contributed by atoms with Crippen molar-refractivity contribution in [2.45, 2.75) is 63.2 Å². The quantitative estimate of drug-likeness (QED) is 0.761. The zero-order valence-electron chi connectivity index (χ0n) is 11.5. The first-order valence-electron chi connectivity index (χ1n) is 7.22. The van der Waals surface area contributed by atoms with E-state index in [2.05, 4.69) is 6.92 Å². The average Bonchev–Trinajstić information content (AvgIpc) is 2.86. The third-order valence-electron chi connectivity index (χ3n) is 4.94. The van der Waals surface area contributed by atoms with Crippen molar-refractivity contribution in [3.63, 3.8) is 0 Å². The van der Waals surface area contributed by atoms with Crippen molar-refractivity contribution in [2.24, 2.45) is 5.92 Å². The van der Waals surface area contributed by atoms with Crippen molar-refractivity contribution in [1.29, 1.82) is 0 Å². The Morgan fingerprint density at radius 3 is 2.10 bits per heavy atom. The zero-order chi connectivity index (χ0) is 14.5. The van der Waals surface area contributed by atoms with Gasteiger partial charge in [-0.15, -0.1) is 0 Å². The maximum Gasteiger partial charge on any atom is 0.330 e. The second-order valence-electron chi connectivity index (χ2n) is 6.22. The van der Waals surface area contributed by atoms with Crippen LogP contribution in [0.1, 0.15) is 45.4 Å². The van der Waals surface area contributed by atoms with Gasteiger partial charge in [0.25, 0.3) is 11.8 Å². The minimum absolute atomic E-state index is 0.348. The van der Waals surface area contributed by atoms with E-state index in [4.69, 9.17) is 4.74 Å². The van der Waals surface area contributed by atoms with Gasteiger partial charge in [0, 0.05) is 0 Å². The molecule has 3 rings (SSSR count). The molecule has 2 heterocycles. The molecule has 2 bridgehead atoms. The predicted octanol–water partition coefficient (Wildman–Crippen LogP) is 0.936. The van der Waals surface area contributed by atoms with Gasteiger partial charge in [-0.05, 0) is 44.4 Å². The Hall–Kier alpha value is -1.43. The number of amides is 2. The molecule has 2 amide bonds. The van der Waals surface area contributed by atoms with Crippen molar-refractivity contribution in [1.82, 2.24) is 4.90 Å². The Kier molecular flexibility index (Phi) is 3.08. The van der Waals surface area contributed by atoms with Crippen LogP contribution in [-0.4, -0.2) is 45.5 Å². The Morgan fingerprint density at radius 1 is 1.15 bits per heavy atom. The van der Waals surface area contributed by atoms with Crippen LogP contribution in [0.3, 0.4) is 0 Å². The molecule has 3 fully saturated rings. The number of hydrogen-bond acceptors (Lipinski definition) is 4. The number of fused-ring (bicyclic) bond motifs is 2. The lowest BCUT2D eigenvalue weighted by atomic mass is 9.75. The molecule has 3 aliphatic rings. The number of ether oxygens (including phenoxy) is 1. The lowest BCUT2D eigenvalue weighted by Gasteiger charge is -2.45. The van der Waals surface area contributed by atoms with Gasteiger partial charge in [0.2, 0.25) is 0 Å². The number of morpholine rings is 1. The van der Waals surface area contributed by atoms with Crippen LogP contribution in [0.4, 0.5) is 0 Å². The number of imide groups is 1. The van der Waals surface area contributed by atoms with E-state index in [0.717, 1.165) is 17.7 Å². The molecule has 2 saturated heterocycles. The summed E-state index contributed by atoms with van der Waals surface area (Å²) in [6.45, 7) is 2.07. The minimum Gasteiger partial charge on any atom is -0.479 e. The fourth-order valence-corrected chi connectivity index (χ4v) is 3.59. The molecule has 1 saturated carbocycles. The highest BCUT2D eigenvalue weighted by Crippen LogP contribution is 2.41. The van der Waals surface area contributed by atoms with Gasteiger partial charge in [-0.2, -0.15) is 0 Å². The molecule has 1 N–H and O–H groups in total. The first-order valence-corrected chi connectivity index (χ1v) is 7.22. The molecule has 6 heteroatoms. The summed E-state index contributed by atoms with van der Waals surface area (Å²) < 4.78 is 5.36. The molecule has 0 aromatic heterocycles. The summed E-state index contributed by atoms with van der Waals surface area (Å²) in [5.74, 6) is -1.54. The van der Waals surface area contributed by atoms with Gasteiger partial charge in [0.05, 0.1) is 0 Å². The van der Waals surface area contributed by atoms with Crippen LogP contribution in [0.15, 0.2) is 0 Å². The summed E-state index contributed by atoms with van der Waals surface area (Å²) in [6.07, 6.45) is 1.90. The van der Waals surface area contributed by atoms with Crippen molar-refractivity contribution in [3.8, 4) is 0 Å². The summed E-state index contributed by atoms with van der Waals surface area (Å²) in [5, 5.41) is 9.67. The number of carboxylic acid groups (broad SMARTS) is 1. The summed E-state index contributed by atoms with van der Waals surface area (Å²) in [4.78, 5) is 37.7. The number of carboxylic acids is 1.